The number of hydrogen-bond donors (Lipinski definition) is 2. The maximum atomic E-state index is 12.2. The smallest absolute Gasteiger partial charge is 0.269 e. The zero-order chi connectivity index (χ0) is 16.4. The van der Waals surface area contributed by atoms with E-state index in [0.717, 1.165) is 29.3 Å². The number of nitrogens with one attached hydrogen (secondary N) is 2. The molecule has 0 spiro atoms. The second-order valence-corrected chi connectivity index (χ2v) is 5.54. The number of hydrogen-bond acceptors (Lipinski definition) is 4. The number of carbonyl (C=O) groups is 1. The minimum Gasteiger partial charge on any atom is -0.351 e. The average molecular weight is 320 g/mol. The molecule has 4 rings (SSSR count). The predicted molar refractivity (Wildman–Crippen MR) is 90.6 cm³/mol. The van der Waals surface area contributed by atoms with Crippen LogP contribution in [0.3, 0.4) is 0 Å². The highest BCUT2D eigenvalue weighted by atomic mass is 16.1. The number of amides is 1. The number of H-pyrrole nitrogens is 1. The normalized spacial score (nSPS) is 11.2. The molecule has 1 aromatic carbocycles. The molecule has 4 aromatic rings. The van der Waals surface area contributed by atoms with E-state index in [1.165, 1.54) is 0 Å². The lowest BCUT2D eigenvalue weighted by molar-refractivity contribution is 0.0948. The Balaban J connectivity index is 1.34. The molecule has 24 heavy (non-hydrogen) atoms. The fourth-order valence-electron chi connectivity index (χ4n) is 2.68. The van der Waals surface area contributed by atoms with Gasteiger partial charge in [0.15, 0.2) is 5.65 Å². The first kappa shape index (κ1) is 14.4. The van der Waals surface area contributed by atoms with Crippen LogP contribution in [-0.4, -0.2) is 37.4 Å². The lowest BCUT2D eigenvalue weighted by Crippen LogP contribution is -2.26. The first-order valence-corrected chi connectivity index (χ1v) is 7.80. The van der Waals surface area contributed by atoms with Crippen LogP contribution in [0.5, 0.6) is 0 Å². The summed E-state index contributed by atoms with van der Waals surface area (Å²) in [6.45, 7) is 1.32. The number of pyridine rings is 1. The minimum atomic E-state index is -0.183. The second-order valence-electron chi connectivity index (χ2n) is 5.54. The number of rotatable bonds is 5. The van der Waals surface area contributed by atoms with E-state index >= 15 is 0 Å². The van der Waals surface area contributed by atoms with Gasteiger partial charge in [-0.2, -0.15) is 10.2 Å². The van der Waals surface area contributed by atoms with Gasteiger partial charge in [0.05, 0.1) is 17.9 Å². The number of aromatic amines is 1. The quantitative estimate of drug-likeness (QED) is 0.551. The van der Waals surface area contributed by atoms with Crippen molar-refractivity contribution in [3.8, 4) is 0 Å². The van der Waals surface area contributed by atoms with Crippen LogP contribution < -0.4 is 5.32 Å². The van der Waals surface area contributed by atoms with Gasteiger partial charge in [0.1, 0.15) is 5.69 Å². The molecule has 0 aliphatic heterocycles. The Bertz CT molecular complexity index is 1000. The van der Waals surface area contributed by atoms with Gasteiger partial charge in [-0.25, -0.2) is 4.98 Å². The van der Waals surface area contributed by atoms with Gasteiger partial charge in [0.2, 0.25) is 0 Å². The highest BCUT2D eigenvalue weighted by Crippen LogP contribution is 2.12. The number of aromatic nitrogens is 5. The Hall–Kier alpha value is -3.22. The lowest BCUT2D eigenvalue weighted by Gasteiger charge is -2.06. The highest BCUT2D eigenvalue weighted by Gasteiger charge is 2.08. The highest BCUT2D eigenvalue weighted by molar-refractivity contribution is 5.94. The number of nitrogens with zero attached hydrogens (tertiary/aromatic N) is 4. The average Bonchev–Trinajstić information content (AvgIpc) is 3.24. The van der Waals surface area contributed by atoms with Crippen molar-refractivity contribution in [1.82, 2.24) is 30.3 Å². The van der Waals surface area contributed by atoms with Gasteiger partial charge < -0.3 is 5.32 Å². The summed E-state index contributed by atoms with van der Waals surface area (Å²) in [6.07, 6.45) is 4.33. The summed E-state index contributed by atoms with van der Waals surface area (Å²) in [4.78, 5) is 16.4. The van der Waals surface area contributed by atoms with Crippen LogP contribution in [0.4, 0.5) is 0 Å². The van der Waals surface area contributed by atoms with E-state index in [4.69, 9.17) is 0 Å². The van der Waals surface area contributed by atoms with E-state index < -0.39 is 0 Å². The Morgan fingerprint density at radius 2 is 2.04 bits per heavy atom. The third kappa shape index (κ3) is 2.71. The van der Waals surface area contributed by atoms with Gasteiger partial charge in [0, 0.05) is 23.9 Å². The number of para-hydroxylation sites is 1. The van der Waals surface area contributed by atoms with Crippen molar-refractivity contribution in [1.29, 1.82) is 0 Å². The zero-order valence-electron chi connectivity index (χ0n) is 12.9. The van der Waals surface area contributed by atoms with Gasteiger partial charge in [-0.05, 0) is 24.6 Å². The number of carbonyl (C=O) groups excluding carboxylic acids is 1. The standard InChI is InChI=1S/C17H16N6O/c24-17(14-7-6-13-10-19-22-16(13)21-14)18-8-3-9-23-15-5-2-1-4-12(15)11-20-23/h1-2,4-7,10-11H,3,8-9H2,(H,18,24)(H,19,21,22). The van der Waals surface area contributed by atoms with E-state index in [-0.39, 0.29) is 5.91 Å². The van der Waals surface area contributed by atoms with Crippen molar-refractivity contribution in [2.24, 2.45) is 0 Å². The first-order chi connectivity index (χ1) is 11.8. The summed E-state index contributed by atoms with van der Waals surface area (Å²) in [7, 11) is 0. The molecule has 0 saturated heterocycles. The maximum absolute atomic E-state index is 12.2. The van der Waals surface area contributed by atoms with Gasteiger partial charge in [-0.1, -0.05) is 18.2 Å². The summed E-state index contributed by atoms with van der Waals surface area (Å²) in [5, 5.41) is 15.9. The van der Waals surface area contributed by atoms with Crippen LogP contribution in [0.1, 0.15) is 16.9 Å². The molecular formula is C17H16N6O. The van der Waals surface area contributed by atoms with Crippen LogP contribution in [0.25, 0.3) is 21.9 Å². The van der Waals surface area contributed by atoms with Crippen LogP contribution in [0.2, 0.25) is 0 Å². The molecule has 0 aliphatic rings. The predicted octanol–water partition coefficient (Wildman–Crippen LogP) is 2.13. The molecule has 0 atom stereocenters. The largest absolute Gasteiger partial charge is 0.351 e. The van der Waals surface area contributed by atoms with Crippen molar-refractivity contribution < 1.29 is 4.79 Å². The molecule has 3 heterocycles. The second kappa shape index (κ2) is 6.11. The van der Waals surface area contributed by atoms with Crippen molar-refractivity contribution in [2.75, 3.05) is 6.54 Å². The van der Waals surface area contributed by atoms with Crippen molar-refractivity contribution in [3.05, 3.63) is 54.5 Å². The van der Waals surface area contributed by atoms with Crippen molar-refractivity contribution >= 4 is 27.8 Å². The van der Waals surface area contributed by atoms with Crippen molar-refractivity contribution in [2.45, 2.75) is 13.0 Å². The summed E-state index contributed by atoms with van der Waals surface area (Å²) in [6, 6.07) is 11.6. The van der Waals surface area contributed by atoms with Crippen LogP contribution in [0, 0.1) is 0 Å². The van der Waals surface area contributed by atoms with Gasteiger partial charge in [0.25, 0.3) is 5.91 Å². The molecule has 7 nitrogen and oxygen atoms in total. The summed E-state index contributed by atoms with van der Waals surface area (Å²) >= 11 is 0. The summed E-state index contributed by atoms with van der Waals surface area (Å²) in [5.74, 6) is -0.183. The molecule has 1 amide bonds. The number of aryl methyl sites for hydroxylation is 1. The molecule has 0 unspecified atom stereocenters. The van der Waals surface area contributed by atoms with E-state index in [9.17, 15) is 4.79 Å². The SMILES string of the molecule is O=C(NCCCn1ncc2ccccc21)c1ccc2cn[nH]c2n1. The Kier molecular flexibility index (Phi) is 3.66. The number of benzene rings is 1. The van der Waals surface area contributed by atoms with Crippen molar-refractivity contribution in [3.63, 3.8) is 0 Å². The number of fused-ring (bicyclic) bond motifs is 2. The maximum Gasteiger partial charge on any atom is 0.269 e. The third-order valence-corrected chi connectivity index (χ3v) is 3.92. The monoisotopic (exact) mass is 320 g/mol. The molecule has 0 aliphatic carbocycles. The molecule has 3 aromatic heterocycles. The molecule has 0 bridgehead atoms. The Morgan fingerprint density at radius 3 is 3.00 bits per heavy atom. The van der Waals surface area contributed by atoms with Gasteiger partial charge >= 0.3 is 0 Å². The Labute approximate surface area is 137 Å². The van der Waals surface area contributed by atoms with Crippen LogP contribution in [-0.2, 0) is 6.54 Å². The summed E-state index contributed by atoms with van der Waals surface area (Å²) < 4.78 is 1.95. The summed E-state index contributed by atoms with van der Waals surface area (Å²) in [5.41, 5.74) is 2.11. The molecular weight excluding hydrogens is 304 g/mol. The van der Waals surface area contributed by atoms with E-state index in [0.29, 0.717) is 17.9 Å². The van der Waals surface area contributed by atoms with E-state index in [1.54, 1.807) is 12.3 Å². The lowest BCUT2D eigenvalue weighted by atomic mass is 10.2. The minimum absolute atomic E-state index is 0.183. The third-order valence-electron chi connectivity index (χ3n) is 3.92. The van der Waals surface area contributed by atoms with E-state index in [2.05, 4.69) is 25.6 Å². The molecule has 2 N–H and O–H groups in total. The van der Waals surface area contributed by atoms with Crippen LogP contribution >= 0.6 is 0 Å². The zero-order valence-corrected chi connectivity index (χ0v) is 12.9. The molecule has 0 radical (unpaired) electrons. The van der Waals surface area contributed by atoms with Crippen LogP contribution in [0.15, 0.2) is 48.8 Å². The Morgan fingerprint density at radius 1 is 1.12 bits per heavy atom. The van der Waals surface area contributed by atoms with Gasteiger partial charge in [-0.3, -0.25) is 14.6 Å². The molecule has 0 saturated carbocycles. The molecule has 120 valence electrons. The fourth-order valence-corrected chi connectivity index (χ4v) is 2.68. The molecule has 7 heteroatoms. The first-order valence-electron chi connectivity index (χ1n) is 7.80. The van der Waals surface area contributed by atoms with E-state index in [1.807, 2.05) is 41.2 Å². The fraction of sp³-hybridized carbons (Fsp3) is 0.176. The van der Waals surface area contributed by atoms with Gasteiger partial charge in [-0.15, -0.1) is 0 Å². The molecule has 0 fully saturated rings. The topological polar surface area (TPSA) is 88.5 Å².